The first-order chi connectivity index (χ1) is 17.1. The molecule has 0 N–H and O–H groups in total. The molecule has 2 heterocycles. The third-order valence-corrected chi connectivity index (χ3v) is 6.00. The van der Waals surface area contributed by atoms with Crippen molar-refractivity contribution in [1.29, 1.82) is 0 Å². The summed E-state index contributed by atoms with van der Waals surface area (Å²) in [4.78, 5) is 33.4. The fraction of sp³-hybridized carbons (Fsp3) is 0.200. The van der Waals surface area contributed by atoms with Crippen LogP contribution in [-0.4, -0.2) is 24.5 Å². The van der Waals surface area contributed by atoms with Crippen molar-refractivity contribution in [2.75, 3.05) is 9.96 Å². The number of hydrogen-bond donors (Lipinski definition) is 0. The number of halogens is 5. The van der Waals surface area contributed by atoms with Gasteiger partial charge in [0, 0.05) is 0 Å². The molecule has 6 nitrogen and oxygen atoms in total. The second-order valence-corrected chi connectivity index (χ2v) is 8.17. The number of imide groups is 1. The third-order valence-electron chi connectivity index (χ3n) is 6.00. The number of alkyl halides is 5. The number of carbonyl (C=O) groups is 2. The van der Waals surface area contributed by atoms with Gasteiger partial charge < -0.3 is 4.74 Å². The molecule has 0 spiro atoms. The lowest BCUT2D eigenvalue weighted by Crippen LogP contribution is -2.37. The van der Waals surface area contributed by atoms with Crippen molar-refractivity contribution in [3.63, 3.8) is 0 Å². The minimum absolute atomic E-state index is 0.102. The van der Waals surface area contributed by atoms with E-state index >= 15 is 0 Å². The SMILES string of the molecule is O=C1[C@H]2[C@@H](ON(c3ccccc3)[C@H]2c2ccc(OC(F)F)cc2)C(=O)N1c1cccc(C(F)(F)F)c1. The van der Waals surface area contributed by atoms with Gasteiger partial charge in [-0.3, -0.25) is 14.4 Å². The molecule has 2 fully saturated rings. The van der Waals surface area contributed by atoms with Crippen molar-refractivity contribution in [2.24, 2.45) is 5.92 Å². The van der Waals surface area contributed by atoms with E-state index in [9.17, 15) is 31.5 Å². The molecule has 36 heavy (non-hydrogen) atoms. The fourth-order valence-electron chi connectivity index (χ4n) is 4.47. The van der Waals surface area contributed by atoms with Crippen LogP contribution in [0.2, 0.25) is 0 Å². The van der Waals surface area contributed by atoms with E-state index in [0.29, 0.717) is 16.2 Å². The molecule has 2 aliphatic rings. The predicted octanol–water partition coefficient (Wildman–Crippen LogP) is 5.36. The van der Waals surface area contributed by atoms with Crippen LogP contribution in [0, 0.1) is 5.92 Å². The van der Waals surface area contributed by atoms with E-state index in [1.54, 1.807) is 30.3 Å². The van der Waals surface area contributed by atoms with Crippen LogP contribution in [0.4, 0.5) is 33.3 Å². The van der Waals surface area contributed by atoms with Crippen LogP contribution in [0.5, 0.6) is 5.75 Å². The lowest BCUT2D eigenvalue weighted by atomic mass is 9.90. The highest BCUT2D eigenvalue weighted by Crippen LogP contribution is 2.48. The fourth-order valence-corrected chi connectivity index (χ4v) is 4.47. The van der Waals surface area contributed by atoms with Crippen LogP contribution >= 0.6 is 0 Å². The van der Waals surface area contributed by atoms with Gasteiger partial charge in [0.15, 0.2) is 6.10 Å². The second kappa shape index (κ2) is 8.90. The zero-order valence-electron chi connectivity index (χ0n) is 18.2. The number of rotatable bonds is 5. The summed E-state index contributed by atoms with van der Waals surface area (Å²) in [5, 5.41) is 1.39. The first-order valence-corrected chi connectivity index (χ1v) is 10.8. The van der Waals surface area contributed by atoms with Crippen LogP contribution in [0.15, 0.2) is 78.9 Å². The lowest BCUT2D eigenvalue weighted by molar-refractivity contribution is -0.137. The maximum Gasteiger partial charge on any atom is 0.416 e. The van der Waals surface area contributed by atoms with Gasteiger partial charge in [-0.05, 0) is 48.0 Å². The minimum Gasteiger partial charge on any atom is -0.435 e. The maximum absolute atomic E-state index is 13.5. The molecule has 3 aromatic rings. The average Bonchev–Trinajstić information content (AvgIpc) is 3.35. The van der Waals surface area contributed by atoms with E-state index in [-0.39, 0.29) is 11.4 Å². The van der Waals surface area contributed by atoms with E-state index in [1.807, 2.05) is 0 Å². The molecule has 3 aromatic carbocycles. The van der Waals surface area contributed by atoms with E-state index in [4.69, 9.17) is 4.84 Å². The van der Waals surface area contributed by atoms with Crippen LogP contribution in [-0.2, 0) is 20.6 Å². The van der Waals surface area contributed by atoms with Crippen LogP contribution in [0.3, 0.4) is 0 Å². The highest BCUT2D eigenvalue weighted by Gasteiger charge is 2.60. The largest absolute Gasteiger partial charge is 0.435 e. The predicted molar refractivity (Wildman–Crippen MR) is 117 cm³/mol. The van der Waals surface area contributed by atoms with Crippen molar-refractivity contribution in [3.05, 3.63) is 90.0 Å². The van der Waals surface area contributed by atoms with Gasteiger partial charge in [-0.25, -0.2) is 9.96 Å². The van der Waals surface area contributed by atoms with Gasteiger partial charge in [0.25, 0.3) is 5.91 Å². The number of carbonyl (C=O) groups excluding carboxylic acids is 2. The number of para-hydroxylation sites is 1. The molecule has 2 saturated heterocycles. The Hall–Kier alpha value is -3.99. The Labute approximate surface area is 201 Å². The van der Waals surface area contributed by atoms with Gasteiger partial charge in [0.1, 0.15) is 11.7 Å². The molecule has 11 heteroatoms. The average molecular weight is 504 g/mol. The first-order valence-electron chi connectivity index (χ1n) is 10.8. The molecule has 2 aliphatic heterocycles. The molecular formula is C25H17F5N2O4. The number of nitrogens with zero attached hydrogens (tertiary/aromatic N) is 2. The number of anilines is 2. The molecule has 5 rings (SSSR count). The van der Waals surface area contributed by atoms with Gasteiger partial charge in [-0.15, -0.1) is 0 Å². The first kappa shape index (κ1) is 23.7. The molecule has 0 bridgehead atoms. The zero-order valence-corrected chi connectivity index (χ0v) is 18.2. The molecule has 0 unspecified atom stereocenters. The molecule has 0 aliphatic carbocycles. The topological polar surface area (TPSA) is 59.1 Å². The van der Waals surface area contributed by atoms with Crippen molar-refractivity contribution >= 4 is 23.2 Å². The summed E-state index contributed by atoms with van der Waals surface area (Å²) in [5.41, 5.74) is -0.241. The smallest absolute Gasteiger partial charge is 0.416 e. The van der Waals surface area contributed by atoms with Crippen molar-refractivity contribution in [1.82, 2.24) is 0 Å². The van der Waals surface area contributed by atoms with Crippen LogP contribution in [0.1, 0.15) is 17.2 Å². The number of amides is 2. The summed E-state index contributed by atoms with van der Waals surface area (Å²) in [7, 11) is 0. The Bertz CT molecular complexity index is 1280. The Kier molecular flexibility index (Phi) is 5.87. The molecule has 2 amide bonds. The molecular weight excluding hydrogens is 487 g/mol. The summed E-state index contributed by atoms with van der Waals surface area (Å²) in [6.45, 7) is -3.02. The molecule has 0 aromatic heterocycles. The van der Waals surface area contributed by atoms with Gasteiger partial charge in [-0.2, -0.15) is 22.0 Å². The van der Waals surface area contributed by atoms with Gasteiger partial charge in [0.05, 0.1) is 23.0 Å². The summed E-state index contributed by atoms with van der Waals surface area (Å²) < 4.78 is 69.2. The van der Waals surface area contributed by atoms with E-state index in [1.165, 1.54) is 35.4 Å². The number of hydroxylamine groups is 1. The third kappa shape index (κ3) is 4.15. The van der Waals surface area contributed by atoms with Gasteiger partial charge in [-0.1, -0.05) is 36.4 Å². The Balaban J connectivity index is 1.54. The summed E-state index contributed by atoms with van der Waals surface area (Å²) in [5.74, 6) is -2.74. The van der Waals surface area contributed by atoms with Gasteiger partial charge >= 0.3 is 12.8 Å². The quantitative estimate of drug-likeness (QED) is 0.346. The second-order valence-electron chi connectivity index (χ2n) is 8.17. The Morgan fingerprint density at radius 2 is 1.50 bits per heavy atom. The Morgan fingerprint density at radius 1 is 0.833 bits per heavy atom. The number of hydrogen-bond acceptors (Lipinski definition) is 5. The van der Waals surface area contributed by atoms with Crippen molar-refractivity contribution in [3.8, 4) is 5.75 Å². The summed E-state index contributed by atoms with van der Waals surface area (Å²) in [6, 6.07) is 17.2. The molecule has 186 valence electrons. The summed E-state index contributed by atoms with van der Waals surface area (Å²) in [6.07, 6.45) is -5.96. The van der Waals surface area contributed by atoms with Crippen LogP contribution in [0.25, 0.3) is 0 Å². The number of fused-ring (bicyclic) bond motifs is 1. The highest BCUT2D eigenvalue weighted by molar-refractivity contribution is 6.24. The zero-order chi connectivity index (χ0) is 25.6. The van der Waals surface area contributed by atoms with E-state index in [2.05, 4.69) is 4.74 Å². The van der Waals surface area contributed by atoms with Gasteiger partial charge in [0.2, 0.25) is 5.91 Å². The molecule has 3 atom stereocenters. The number of ether oxygens (including phenoxy) is 1. The van der Waals surface area contributed by atoms with E-state index in [0.717, 1.165) is 18.2 Å². The normalized spacial score (nSPS) is 21.9. The molecule has 0 saturated carbocycles. The lowest BCUT2D eigenvalue weighted by Gasteiger charge is -2.29. The highest BCUT2D eigenvalue weighted by atomic mass is 19.4. The van der Waals surface area contributed by atoms with Crippen LogP contribution < -0.4 is 14.7 Å². The maximum atomic E-state index is 13.5. The standard InChI is InChI=1S/C25H17F5N2O4/c26-24(27)35-18-11-9-14(10-12-18)20-19-21(36-32(20)16-6-2-1-3-7-16)23(34)31(22(19)33)17-8-4-5-15(13-17)25(28,29)30/h1-13,19-21,24H/t19-,20+,21-/m1/s1. The minimum atomic E-state index is -4.66. The molecule has 0 radical (unpaired) electrons. The monoisotopic (exact) mass is 504 g/mol. The van der Waals surface area contributed by atoms with E-state index < -0.39 is 48.2 Å². The Morgan fingerprint density at radius 3 is 2.14 bits per heavy atom. The summed E-state index contributed by atoms with van der Waals surface area (Å²) >= 11 is 0. The number of benzene rings is 3. The van der Waals surface area contributed by atoms with Crippen molar-refractivity contribution in [2.45, 2.75) is 24.9 Å². The van der Waals surface area contributed by atoms with Crippen molar-refractivity contribution < 1.29 is 41.1 Å².